The SMILES string of the molecule is CCC(C)(CC(C)(C)CCN1CCCC1C(=O)NC(C)(C)CC(C)(CC)OC(C)C)OC. The van der Waals surface area contributed by atoms with E-state index < -0.39 is 0 Å². The van der Waals surface area contributed by atoms with Gasteiger partial charge in [-0.25, -0.2) is 0 Å². The second-order valence-electron chi connectivity index (χ2n) is 12.3. The summed E-state index contributed by atoms with van der Waals surface area (Å²) in [4.78, 5) is 15.7. The first-order chi connectivity index (χ1) is 14.6. The molecule has 1 heterocycles. The number of hydrogen-bond donors (Lipinski definition) is 1. The van der Waals surface area contributed by atoms with E-state index in [0.29, 0.717) is 0 Å². The molecule has 0 bridgehead atoms. The van der Waals surface area contributed by atoms with Crippen LogP contribution in [0.25, 0.3) is 0 Å². The number of nitrogens with zero attached hydrogens (tertiary/aromatic N) is 1. The molecule has 0 spiro atoms. The van der Waals surface area contributed by atoms with Crippen molar-refractivity contribution in [1.29, 1.82) is 0 Å². The van der Waals surface area contributed by atoms with Crippen LogP contribution in [0.15, 0.2) is 0 Å². The molecule has 3 atom stereocenters. The quantitative estimate of drug-likeness (QED) is 0.352. The van der Waals surface area contributed by atoms with Crippen molar-refractivity contribution in [1.82, 2.24) is 10.2 Å². The van der Waals surface area contributed by atoms with E-state index in [0.717, 1.165) is 58.0 Å². The number of amides is 1. The number of likely N-dealkylation sites (tertiary alicyclic amines) is 1. The summed E-state index contributed by atoms with van der Waals surface area (Å²) < 4.78 is 12.0. The molecule has 5 heteroatoms. The van der Waals surface area contributed by atoms with Crippen molar-refractivity contribution in [2.24, 2.45) is 5.41 Å². The smallest absolute Gasteiger partial charge is 0.237 e. The molecule has 5 nitrogen and oxygen atoms in total. The monoisotopic (exact) mass is 454 g/mol. The standard InChI is InChI=1S/C27H54N2O3/c1-12-26(9,31-11)19-24(5,6)16-18-29-17-14-15-22(29)23(30)28-25(7,8)20-27(10,13-2)32-21(3)4/h21-22H,12-20H2,1-11H3,(H,28,30). The zero-order valence-corrected chi connectivity index (χ0v) is 23.2. The van der Waals surface area contributed by atoms with E-state index in [2.05, 4.69) is 79.5 Å². The highest BCUT2D eigenvalue weighted by Gasteiger charge is 2.38. The molecule has 0 aromatic carbocycles. The molecule has 1 N–H and O–H groups in total. The molecule has 0 aromatic rings. The molecule has 1 saturated heterocycles. The average molecular weight is 455 g/mol. The summed E-state index contributed by atoms with van der Waals surface area (Å²) in [7, 11) is 1.82. The van der Waals surface area contributed by atoms with Crippen molar-refractivity contribution in [3.05, 3.63) is 0 Å². The Bertz CT molecular complexity index is 583. The number of methoxy groups -OCH3 is 1. The van der Waals surface area contributed by atoms with Crippen molar-refractivity contribution in [3.63, 3.8) is 0 Å². The van der Waals surface area contributed by atoms with Gasteiger partial charge in [-0.1, -0.05) is 27.7 Å². The Hall–Kier alpha value is -0.650. The zero-order valence-electron chi connectivity index (χ0n) is 23.2. The summed E-state index contributed by atoms with van der Waals surface area (Å²) in [6.45, 7) is 23.7. The highest BCUT2D eigenvalue weighted by atomic mass is 16.5. The summed E-state index contributed by atoms with van der Waals surface area (Å²) in [5.74, 6) is 0.170. The zero-order chi connectivity index (χ0) is 24.8. The van der Waals surface area contributed by atoms with E-state index in [1.54, 1.807) is 0 Å². The number of carbonyl (C=O) groups is 1. The van der Waals surface area contributed by atoms with Gasteiger partial charge in [0.25, 0.3) is 0 Å². The Labute approximate surface area is 199 Å². The van der Waals surface area contributed by atoms with Gasteiger partial charge >= 0.3 is 0 Å². The van der Waals surface area contributed by atoms with Crippen LogP contribution in [0.4, 0.5) is 0 Å². The fourth-order valence-corrected chi connectivity index (χ4v) is 5.49. The predicted octanol–water partition coefficient (Wildman–Crippen LogP) is 5.95. The second-order valence-corrected chi connectivity index (χ2v) is 12.3. The van der Waals surface area contributed by atoms with E-state index in [4.69, 9.17) is 9.47 Å². The average Bonchev–Trinajstić information content (AvgIpc) is 3.13. The summed E-state index contributed by atoms with van der Waals surface area (Å²) in [5, 5.41) is 3.36. The first-order valence-corrected chi connectivity index (χ1v) is 12.9. The minimum Gasteiger partial charge on any atom is -0.379 e. The molecule has 3 unspecified atom stereocenters. The molecule has 0 aliphatic carbocycles. The Morgan fingerprint density at radius 3 is 2.12 bits per heavy atom. The van der Waals surface area contributed by atoms with Gasteiger partial charge in [0.05, 0.1) is 23.3 Å². The van der Waals surface area contributed by atoms with Gasteiger partial charge in [-0.15, -0.1) is 0 Å². The second kappa shape index (κ2) is 11.7. The molecule has 190 valence electrons. The van der Waals surface area contributed by atoms with Gasteiger partial charge in [0.2, 0.25) is 5.91 Å². The van der Waals surface area contributed by atoms with Crippen molar-refractivity contribution < 1.29 is 14.3 Å². The normalized spacial score (nSPS) is 22.1. The third-order valence-electron chi connectivity index (χ3n) is 7.38. The van der Waals surface area contributed by atoms with Crippen molar-refractivity contribution in [2.75, 3.05) is 20.2 Å². The van der Waals surface area contributed by atoms with Crippen molar-refractivity contribution in [3.8, 4) is 0 Å². The third-order valence-corrected chi connectivity index (χ3v) is 7.38. The first kappa shape index (κ1) is 29.4. The number of carbonyl (C=O) groups excluding carboxylic acids is 1. The van der Waals surface area contributed by atoms with Gasteiger partial charge in [-0.2, -0.15) is 0 Å². The van der Waals surface area contributed by atoms with Gasteiger partial charge in [0.15, 0.2) is 0 Å². The summed E-state index contributed by atoms with van der Waals surface area (Å²) in [5.41, 5.74) is -0.469. The van der Waals surface area contributed by atoms with E-state index >= 15 is 0 Å². The van der Waals surface area contributed by atoms with Gasteiger partial charge in [-0.05, 0) is 105 Å². The maximum Gasteiger partial charge on any atom is 0.237 e. The minimum atomic E-state index is -0.314. The van der Waals surface area contributed by atoms with E-state index in [1.807, 2.05) is 7.11 Å². The van der Waals surface area contributed by atoms with Gasteiger partial charge in [0, 0.05) is 12.6 Å². The molecule has 1 fully saturated rings. The Balaban J connectivity index is 2.73. The maximum atomic E-state index is 13.3. The minimum absolute atomic E-state index is 0.0241. The number of nitrogens with one attached hydrogen (secondary N) is 1. The first-order valence-electron chi connectivity index (χ1n) is 12.9. The van der Waals surface area contributed by atoms with Gasteiger partial charge in [-0.3, -0.25) is 9.69 Å². The third kappa shape index (κ3) is 9.30. The summed E-state index contributed by atoms with van der Waals surface area (Å²) in [6, 6.07) is -0.0241. The van der Waals surface area contributed by atoms with Crippen molar-refractivity contribution >= 4 is 5.91 Å². The number of hydrogen-bond acceptors (Lipinski definition) is 4. The van der Waals surface area contributed by atoms with E-state index in [1.165, 1.54) is 0 Å². The molecular weight excluding hydrogens is 400 g/mol. The Morgan fingerprint density at radius 1 is 1.03 bits per heavy atom. The maximum absolute atomic E-state index is 13.3. The lowest BCUT2D eigenvalue weighted by Crippen LogP contribution is -2.54. The summed E-state index contributed by atoms with van der Waals surface area (Å²) in [6.07, 6.45) is 7.03. The lowest BCUT2D eigenvalue weighted by Gasteiger charge is -2.40. The predicted molar refractivity (Wildman–Crippen MR) is 135 cm³/mol. The molecule has 1 rings (SSSR count). The van der Waals surface area contributed by atoms with E-state index in [-0.39, 0.29) is 40.2 Å². The topological polar surface area (TPSA) is 50.8 Å². The number of ether oxygens (including phenoxy) is 2. The number of rotatable bonds is 14. The molecule has 0 aromatic heterocycles. The Morgan fingerprint density at radius 2 is 1.62 bits per heavy atom. The fraction of sp³-hybridized carbons (Fsp3) is 0.963. The van der Waals surface area contributed by atoms with Gasteiger partial charge in [0.1, 0.15) is 0 Å². The van der Waals surface area contributed by atoms with Crippen molar-refractivity contribution in [2.45, 2.75) is 143 Å². The molecular formula is C27H54N2O3. The lowest BCUT2D eigenvalue weighted by molar-refractivity contribution is -0.129. The Kier molecular flexibility index (Phi) is 10.7. The van der Waals surface area contributed by atoms with Crippen LogP contribution in [0, 0.1) is 5.41 Å². The van der Waals surface area contributed by atoms with Crippen LogP contribution in [0.2, 0.25) is 0 Å². The van der Waals surface area contributed by atoms with Crippen LogP contribution < -0.4 is 5.32 Å². The molecule has 0 radical (unpaired) electrons. The molecule has 32 heavy (non-hydrogen) atoms. The van der Waals surface area contributed by atoms with Crippen LogP contribution in [0.1, 0.15) is 114 Å². The molecule has 1 aliphatic heterocycles. The fourth-order valence-electron chi connectivity index (χ4n) is 5.49. The van der Waals surface area contributed by atoms with Gasteiger partial charge < -0.3 is 14.8 Å². The molecule has 1 aliphatic rings. The largest absolute Gasteiger partial charge is 0.379 e. The highest BCUT2D eigenvalue weighted by molar-refractivity contribution is 5.82. The lowest BCUT2D eigenvalue weighted by atomic mass is 9.77. The molecule has 0 saturated carbocycles. The van der Waals surface area contributed by atoms with Crippen LogP contribution in [-0.2, 0) is 14.3 Å². The highest BCUT2D eigenvalue weighted by Crippen LogP contribution is 2.36. The van der Waals surface area contributed by atoms with Crippen LogP contribution >= 0.6 is 0 Å². The van der Waals surface area contributed by atoms with Crippen LogP contribution in [-0.4, -0.2) is 59.9 Å². The summed E-state index contributed by atoms with van der Waals surface area (Å²) >= 11 is 0. The molecule has 1 amide bonds. The van der Waals surface area contributed by atoms with E-state index in [9.17, 15) is 4.79 Å². The van der Waals surface area contributed by atoms with Crippen LogP contribution in [0.5, 0.6) is 0 Å². The van der Waals surface area contributed by atoms with Crippen LogP contribution in [0.3, 0.4) is 0 Å².